The van der Waals surface area contributed by atoms with Gasteiger partial charge >= 0.3 is 0 Å². The van der Waals surface area contributed by atoms with Crippen LogP contribution < -0.4 is 0 Å². The Balaban J connectivity index is 1.32. The Morgan fingerprint density at radius 1 is 1.04 bits per heavy atom. The first-order valence-corrected chi connectivity index (χ1v) is 11.3. The van der Waals surface area contributed by atoms with Gasteiger partial charge in [-0.1, -0.05) is 19.3 Å². The monoisotopic (exact) mass is 374 g/mol. The van der Waals surface area contributed by atoms with E-state index in [2.05, 4.69) is 10.3 Å². The van der Waals surface area contributed by atoms with Gasteiger partial charge in [0.05, 0.1) is 10.7 Å². The van der Waals surface area contributed by atoms with Crippen LogP contribution in [0.4, 0.5) is 0 Å². The van der Waals surface area contributed by atoms with E-state index in [1.54, 1.807) is 11.3 Å². The summed E-state index contributed by atoms with van der Waals surface area (Å²) in [5.41, 5.74) is 1.06. The van der Waals surface area contributed by atoms with Crippen molar-refractivity contribution in [1.82, 2.24) is 9.88 Å². The van der Waals surface area contributed by atoms with Gasteiger partial charge in [-0.15, -0.1) is 11.3 Å². The molecule has 1 aromatic rings. The van der Waals surface area contributed by atoms with Gasteiger partial charge in [0.15, 0.2) is 0 Å². The Kier molecular flexibility index (Phi) is 5.72. The number of ketones is 1. The number of hydrogen-bond acceptors (Lipinski definition) is 4. The zero-order chi connectivity index (χ0) is 17.9. The summed E-state index contributed by atoms with van der Waals surface area (Å²) in [7, 11) is 0. The van der Waals surface area contributed by atoms with E-state index >= 15 is 0 Å². The maximum atomic E-state index is 12.9. The predicted octanol–water partition coefficient (Wildman–Crippen LogP) is 4.34. The Morgan fingerprint density at radius 2 is 1.85 bits per heavy atom. The maximum absolute atomic E-state index is 12.9. The molecule has 0 spiro atoms. The van der Waals surface area contributed by atoms with Crippen molar-refractivity contribution in [3.05, 3.63) is 16.1 Å². The van der Waals surface area contributed by atoms with E-state index in [1.165, 1.54) is 24.3 Å². The molecule has 5 heteroatoms. The number of rotatable bonds is 6. The number of hydrogen-bond donors (Lipinski definition) is 0. The van der Waals surface area contributed by atoms with Crippen molar-refractivity contribution in [1.29, 1.82) is 0 Å². The molecular weight excluding hydrogens is 344 g/mol. The van der Waals surface area contributed by atoms with Crippen molar-refractivity contribution in [2.45, 2.75) is 76.5 Å². The van der Waals surface area contributed by atoms with Crippen molar-refractivity contribution in [2.24, 2.45) is 11.8 Å². The number of thiazole rings is 1. The van der Waals surface area contributed by atoms with Crippen LogP contribution in [0.25, 0.3) is 0 Å². The molecule has 0 bridgehead atoms. The fourth-order valence-corrected chi connectivity index (χ4v) is 5.45. The fraction of sp³-hybridized carbons (Fsp3) is 0.762. The molecule has 26 heavy (non-hydrogen) atoms. The molecule has 2 aliphatic carbocycles. The summed E-state index contributed by atoms with van der Waals surface area (Å²) in [6, 6.07) is 0. The Bertz CT molecular complexity index is 646. The van der Waals surface area contributed by atoms with E-state index in [4.69, 9.17) is 4.98 Å². The number of carbonyl (C=O) groups excluding carboxylic acids is 2. The first-order valence-electron chi connectivity index (χ1n) is 10.5. The van der Waals surface area contributed by atoms with E-state index < -0.39 is 0 Å². The molecule has 1 unspecified atom stereocenters. The lowest BCUT2D eigenvalue weighted by Crippen LogP contribution is -2.42. The lowest BCUT2D eigenvalue weighted by atomic mass is 9.87. The number of nitrogens with zero attached hydrogens (tertiary/aromatic N) is 2. The third-order valence-electron chi connectivity index (χ3n) is 6.27. The van der Waals surface area contributed by atoms with Gasteiger partial charge in [0.2, 0.25) is 5.91 Å². The normalized spacial score (nSPS) is 24.6. The third-order valence-corrected chi connectivity index (χ3v) is 7.32. The largest absolute Gasteiger partial charge is 0.342 e. The van der Waals surface area contributed by atoms with E-state index in [1.807, 2.05) is 0 Å². The molecule has 4 rings (SSSR count). The van der Waals surface area contributed by atoms with Crippen LogP contribution in [0.5, 0.6) is 0 Å². The minimum atomic E-state index is 0.266. The minimum Gasteiger partial charge on any atom is -0.342 e. The maximum Gasteiger partial charge on any atom is 0.225 e. The van der Waals surface area contributed by atoms with E-state index in [9.17, 15) is 9.59 Å². The highest BCUT2D eigenvalue weighted by Gasteiger charge is 2.32. The molecule has 4 nitrogen and oxygen atoms in total. The zero-order valence-corrected chi connectivity index (χ0v) is 16.4. The van der Waals surface area contributed by atoms with Crippen LogP contribution in [0.1, 0.15) is 80.8 Å². The molecule has 1 aromatic heterocycles. The third kappa shape index (κ3) is 4.36. The molecule has 1 atom stereocenters. The molecule has 3 fully saturated rings. The Labute approximate surface area is 160 Å². The lowest BCUT2D eigenvalue weighted by Gasteiger charge is -2.35. The second-order valence-electron chi connectivity index (χ2n) is 8.38. The highest BCUT2D eigenvalue weighted by molar-refractivity contribution is 7.09. The van der Waals surface area contributed by atoms with Crippen LogP contribution in [0.3, 0.4) is 0 Å². The second kappa shape index (κ2) is 8.20. The van der Waals surface area contributed by atoms with E-state index in [0.29, 0.717) is 29.9 Å². The molecule has 0 radical (unpaired) electrons. The summed E-state index contributed by atoms with van der Waals surface area (Å²) in [6.45, 7) is 1.75. The smallest absolute Gasteiger partial charge is 0.225 e. The van der Waals surface area contributed by atoms with Crippen LogP contribution in [0.15, 0.2) is 5.38 Å². The zero-order valence-electron chi connectivity index (χ0n) is 15.6. The summed E-state index contributed by atoms with van der Waals surface area (Å²) in [5.74, 6) is 1.81. The number of piperidine rings is 1. The summed E-state index contributed by atoms with van der Waals surface area (Å²) >= 11 is 1.72. The van der Waals surface area contributed by atoms with Crippen molar-refractivity contribution in [2.75, 3.05) is 13.1 Å². The van der Waals surface area contributed by atoms with E-state index in [0.717, 1.165) is 63.7 Å². The van der Waals surface area contributed by atoms with Crippen molar-refractivity contribution in [3.8, 4) is 0 Å². The second-order valence-corrected chi connectivity index (χ2v) is 9.27. The minimum absolute atomic E-state index is 0.266. The van der Waals surface area contributed by atoms with Crippen LogP contribution in [0, 0.1) is 11.8 Å². The van der Waals surface area contributed by atoms with E-state index in [-0.39, 0.29) is 5.92 Å². The first-order chi connectivity index (χ1) is 12.7. The lowest BCUT2D eigenvalue weighted by molar-refractivity contribution is -0.137. The van der Waals surface area contributed by atoms with Gasteiger partial charge < -0.3 is 4.90 Å². The molecule has 2 saturated carbocycles. The van der Waals surface area contributed by atoms with Crippen LogP contribution in [-0.2, 0) is 16.0 Å². The van der Waals surface area contributed by atoms with Crippen LogP contribution in [0.2, 0.25) is 0 Å². The summed E-state index contributed by atoms with van der Waals surface area (Å²) in [6.07, 6.45) is 11.7. The summed E-state index contributed by atoms with van der Waals surface area (Å²) in [5, 5.41) is 3.29. The van der Waals surface area contributed by atoms with Gasteiger partial charge in [-0.25, -0.2) is 4.98 Å². The van der Waals surface area contributed by atoms with Gasteiger partial charge in [-0.05, 0) is 44.9 Å². The van der Waals surface area contributed by atoms with Crippen molar-refractivity contribution < 1.29 is 9.59 Å². The van der Waals surface area contributed by atoms with Gasteiger partial charge in [-0.3, -0.25) is 9.59 Å². The van der Waals surface area contributed by atoms with Gasteiger partial charge in [-0.2, -0.15) is 0 Å². The summed E-state index contributed by atoms with van der Waals surface area (Å²) < 4.78 is 0. The number of aromatic nitrogens is 1. The Morgan fingerprint density at radius 3 is 2.62 bits per heavy atom. The van der Waals surface area contributed by atoms with Gasteiger partial charge in [0.1, 0.15) is 5.78 Å². The molecule has 0 aromatic carbocycles. The molecule has 3 aliphatic rings. The average Bonchev–Trinajstić information content (AvgIpc) is 3.44. The van der Waals surface area contributed by atoms with Crippen LogP contribution >= 0.6 is 11.3 Å². The quantitative estimate of drug-likeness (QED) is 0.744. The molecular formula is C21H30N2O2S. The molecule has 142 valence electrons. The van der Waals surface area contributed by atoms with Gasteiger partial charge in [0.25, 0.3) is 0 Å². The highest BCUT2D eigenvalue weighted by atomic mass is 32.1. The fourth-order valence-electron chi connectivity index (χ4n) is 4.47. The molecule has 0 N–H and O–H groups in total. The number of amides is 1. The van der Waals surface area contributed by atoms with Crippen LogP contribution in [-0.4, -0.2) is 34.7 Å². The standard InChI is InChI=1S/C21H30N2O2S/c24-19(15-8-9-15)11-10-18-14-26-20(22-18)17-7-4-12-23(13-17)21(25)16-5-2-1-3-6-16/h14-17H,1-13H2. The molecule has 1 amide bonds. The number of carbonyl (C=O) groups is 2. The predicted molar refractivity (Wildman–Crippen MR) is 103 cm³/mol. The van der Waals surface area contributed by atoms with Gasteiger partial charge in [0, 0.05) is 42.6 Å². The summed E-state index contributed by atoms with van der Waals surface area (Å²) in [4.78, 5) is 31.7. The van der Waals surface area contributed by atoms with Crippen molar-refractivity contribution in [3.63, 3.8) is 0 Å². The molecule has 2 heterocycles. The van der Waals surface area contributed by atoms with Crippen molar-refractivity contribution >= 4 is 23.0 Å². The number of Topliss-reactive ketones (excluding diaryl/α,β-unsaturated/α-hetero) is 1. The first kappa shape index (κ1) is 18.1. The highest BCUT2D eigenvalue weighted by Crippen LogP contribution is 2.33. The topological polar surface area (TPSA) is 50.3 Å². The Hall–Kier alpha value is -1.23. The average molecular weight is 375 g/mol. The number of aryl methyl sites for hydroxylation is 1. The SMILES string of the molecule is O=C(CCc1csc(C2CCCN(C(=O)C3CCCCC3)C2)n1)C1CC1. The number of likely N-dealkylation sites (tertiary alicyclic amines) is 1. The molecule has 1 aliphatic heterocycles. The molecule has 1 saturated heterocycles.